The Balaban J connectivity index is 2.68. The lowest BCUT2D eigenvalue weighted by atomic mass is 9.80. The van der Waals surface area contributed by atoms with Crippen LogP contribution < -0.4 is 0 Å². The van der Waals surface area contributed by atoms with Gasteiger partial charge in [-0.2, -0.15) is 0 Å². The van der Waals surface area contributed by atoms with Crippen LogP contribution in [0.1, 0.15) is 20.8 Å². The largest absolute Gasteiger partial charge is 0.380 e. The van der Waals surface area contributed by atoms with Gasteiger partial charge < -0.3 is 4.74 Å². The molecule has 0 spiro atoms. The topological polar surface area (TPSA) is 26.3 Å². The molecule has 1 aliphatic rings. The SMILES string of the molecule is CC(=O)C1COCC1(C)C. The highest BCUT2D eigenvalue weighted by Crippen LogP contribution is 2.33. The monoisotopic (exact) mass is 142 g/mol. The third kappa shape index (κ3) is 1.21. The van der Waals surface area contributed by atoms with Crippen LogP contribution >= 0.6 is 0 Å². The number of carbonyl (C=O) groups is 1. The first-order chi connectivity index (χ1) is 4.54. The first kappa shape index (κ1) is 7.73. The van der Waals surface area contributed by atoms with E-state index in [1.165, 1.54) is 0 Å². The maximum atomic E-state index is 11.0. The van der Waals surface area contributed by atoms with Gasteiger partial charge in [0.2, 0.25) is 0 Å². The number of carbonyl (C=O) groups excluding carboxylic acids is 1. The lowest BCUT2D eigenvalue weighted by Gasteiger charge is -2.21. The highest BCUT2D eigenvalue weighted by Gasteiger charge is 2.38. The van der Waals surface area contributed by atoms with Gasteiger partial charge in [0.1, 0.15) is 5.78 Å². The maximum Gasteiger partial charge on any atom is 0.135 e. The third-order valence-corrected chi connectivity index (χ3v) is 2.19. The summed E-state index contributed by atoms with van der Waals surface area (Å²) in [5.41, 5.74) is 0.0613. The molecule has 0 amide bonds. The molecule has 0 aromatic heterocycles. The van der Waals surface area contributed by atoms with Crippen molar-refractivity contribution in [1.29, 1.82) is 0 Å². The van der Waals surface area contributed by atoms with Gasteiger partial charge in [0.05, 0.1) is 13.2 Å². The van der Waals surface area contributed by atoms with Crippen molar-refractivity contribution in [1.82, 2.24) is 0 Å². The average molecular weight is 142 g/mol. The molecule has 1 fully saturated rings. The second-order valence-corrected chi connectivity index (χ2v) is 3.67. The summed E-state index contributed by atoms with van der Waals surface area (Å²) in [5.74, 6) is 0.370. The molecule has 1 unspecified atom stereocenters. The van der Waals surface area contributed by atoms with Gasteiger partial charge in [-0.25, -0.2) is 0 Å². The molecule has 58 valence electrons. The van der Waals surface area contributed by atoms with Crippen molar-refractivity contribution in [3.8, 4) is 0 Å². The highest BCUT2D eigenvalue weighted by atomic mass is 16.5. The summed E-state index contributed by atoms with van der Waals surface area (Å²) in [7, 11) is 0. The normalized spacial score (nSPS) is 30.5. The molecule has 10 heavy (non-hydrogen) atoms. The van der Waals surface area contributed by atoms with Crippen LogP contribution in [0.4, 0.5) is 0 Å². The molecule has 0 aromatic rings. The van der Waals surface area contributed by atoms with Crippen molar-refractivity contribution in [3.63, 3.8) is 0 Å². The molecule has 1 aliphatic heterocycles. The Morgan fingerprint density at radius 3 is 2.40 bits per heavy atom. The fourth-order valence-electron chi connectivity index (χ4n) is 1.43. The standard InChI is InChI=1S/C8H14O2/c1-6(9)7-4-10-5-8(7,2)3/h7H,4-5H2,1-3H3. The van der Waals surface area contributed by atoms with Gasteiger partial charge in [-0.15, -0.1) is 0 Å². The number of rotatable bonds is 1. The van der Waals surface area contributed by atoms with Crippen LogP contribution in [0.5, 0.6) is 0 Å². The van der Waals surface area contributed by atoms with Crippen LogP contribution in [0.15, 0.2) is 0 Å². The molecule has 0 radical (unpaired) electrons. The van der Waals surface area contributed by atoms with Gasteiger partial charge in [-0.05, 0) is 6.92 Å². The van der Waals surface area contributed by atoms with Gasteiger partial charge in [0.25, 0.3) is 0 Å². The van der Waals surface area contributed by atoms with E-state index in [1.807, 2.05) is 0 Å². The second kappa shape index (κ2) is 2.35. The van der Waals surface area contributed by atoms with Gasteiger partial charge in [0.15, 0.2) is 0 Å². The predicted molar refractivity (Wildman–Crippen MR) is 38.8 cm³/mol. The van der Waals surface area contributed by atoms with Gasteiger partial charge in [0, 0.05) is 11.3 Å². The summed E-state index contributed by atoms with van der Waals surface area (Å²) < 4.78 is 5.21. The fourth-order valence-corrected chi connectivity index (χ4v) is 1.43. The van der Waals surface area contributed by atoms with Crippen molar-refractivity contribution in [3.05, 3.63) is 0 Å². The van der Waals surface area contributed by atoms with E-state index >= 15 is 0 Å². The van der Waals surface area contributed by atoms with E-state index in [2.05, 4.69) is 13.8 Å². The lowest BCUT2D eigenvalue weighted by molar-refractivity contribution is -0.122. The smallest absolute Gasteiger partial charge is 0.135 e. The number of ether oxygens (including phenoxy) is 1. The summed E-state index contributed by atoms with van der Waals surface area (Å²) >= 11 is 0. The summed E-state index contributed by atoms with van der Waals surface area (Å²) in [4.78, 5) is 11.0. The molecule has 0 N–H and O–H groups in total. The van der Waals surface area contributed by atoms with E-state index in [0.717, 1.165) is 6.61 Å². The molecule has 1 atom stereocenters. The average Bonchev–Trinajstić information content (AvgIpc) is 2.08. The molecule has 0 aliphatic carbocycles. The molecule has 1 saturated heterocycles. The number of Topliss-reactive ketones (excluding diaryl/α,β-unsaturated/α-hetero) is 1. The molecular formula is C8H14O2. The Bertz CT molecular complexity index is 149. The predicted octanol–water partition coefficient (Wildman–Crippen LogP) is 1.25. The minimum Gasteiger partial charge on any atom is -0.380 e. The van der Waals surface area contributed by atoms with E-state index in [-0.39, 0.29) is 17.1 Å². The summed E-state index contributed by atoms with van der Waals surface area (Å²) in [6.45, 7) is 7.12. The Hall–Kier alpha value is -0.370. The van der Waals surface area contributed by atoms with Crippen molar-refractivity contribution in [2.75, 3.05) is 13.2 Å². The minimum absolute atomic E-state index is 0.0613. The Morgan fingerprint density at radius 2 is 2.20 bits per heavy atom. The zero-order valence-electron chi connectivity index (χ0n) is 6.81. The first-order valence-corrected chi connectivity index (χ1v) is 3.62. The number of hydrogen-bond acceptors (Lipinski definition) is 2. The number of hydrogen-bond donors (Lipinski definition) is 0. The molecule has 2 nitrogen and oxygen atoms in total. The van der Waals surface area contributed by atoms with Crippen LogP contribution in [0.2, 0.25) is 0 Å². The van der Waals surface area contributed by atoms with Gasteiger partial charge in [-0.3, -0.25) is 4.79 Å². The minimum atomic E-state index is 0.0613. The second-order valence-electron chi connectivity index (χ2n) is 3.67. The van der Waals surface area contributed by atoms with Crippen molar-refractivity contribution in [2.45, 2.75) is 20.8 Å². The molecule has 0 aromatic carbocycles. The van der Waals surface area contributed by atoms with Crippen LogP contribution in [-0.2, 0) is 9.53 Å². The molecule has 1 rings (SSSR count). The van der Waals surface area contributed by atoms with E-state index in [0.29, 0.717) is 6.61 Å². The van der Waals surface area contributed by atoms with Gasteiger partial charge >= 0.3 is 0 Å². The molecule has 0 bridgehead atoms. The Kier molecular flexibility index (Phi) is 1.82. The molecular weight excluding hydrogens is 128 g/mol. The first-order valence-electron chi connectivity index (χ1n) is 3.62. The Morgan fingerprint density at radius 1 is 1.60 bits per heavy atom. The fraction of sp³-hybridized carbons (Fsp3) is 0.875. The quantitative estimate of drug-likeness (QED) is 0.550. The number of ketones is 1. The van der Waals surface area contributed by atoms with Crippen LogP contribution in [0, 0.1) is 11.3 Å². The van der Waals surface area contributed by atoms with E-state index in [1.54, 1.807) is 6.92 Å². The van der Waals surface area contributed by atoms with Crippen LogP contribution in [-0.4, -0.2) is 19.0 Å². The van der Waals surface area contributed by atoms with E-state index < -0.39 is 0 Å². The maximum absolute atomic E-state index is 11.0. The highest BCUT2D eigenvalue weighted by molar-refractivity contribution is 5.79. The van der Waals surface area contributed by atoms with E-state index in [9.17, 15) is 4.79 Å². The van der Waals surface area contributed by atoms with Crippen molar-refractivity contribution < 1.29 is 9.53 Å². The summed E-state index contributed by atoms with van der Waals surface area (Å²) in [6.07, 6.45) is 0. The summed E-state index contributed by atoms with van der Waals surface area (Å²) in [5, 5.41) is 0. The van der Waals surface area contributed by atoms with Gasteiger partial charge in [-0.1, -0.05) is 13.8 Å². The van der Waals surface area contributed by atoms with Crippen LogP contribution in [0.25, 0.3) is 0 Å². The Labute approximate surface area is 61.6 Å². The van der Waals surface area contributed by atoms with Crippen LogP contribution in [0.3, 0.4) is 0 Å². The lowest BCUT2D eigenvalue weighted by Crippen LogP contribution is -2.27. The molecule has 0 saturated carbocycles. The zero-order valence-corrected chi connectivity index (χ0v) is 6.81. The summed E-state index contributed by atoms with van der Waals surface area (Å²) in [6, 6.07) is 0. The zero-order chi connectivity index (χ0) is 7.78. The molecule has 2 heteroatoms. The third-order valence-electron chi connectivity index (χ3n) is 2.19. The van der Waals surface area contributed by atoms with Crippen molar-refractivity contribution in [2.24, 2.45) is 11.3 Å². The van der Waals surface area contributed by atoms with Crippen molar-refractivity contribution >= 4 is 5.78 Å². The molecule has 1 heterocycles. The van der Waals surface area contributed by atoms with E-state index in [4.69, 9.17) is 4.74 Å².